The van der Waals surface area contributed by atoms with Crippen molar-refractivity contribution in [3.05, 3.63) is 42.4 Å². The van der Waals surface area contributed by atoms with Crippen LogP contribution in [0.1, 0.15) is 50.5 Å². The second kappa shape index (κ2) is 9.27. The van der Waals surface area contributed by atoms with Crippen LogP contribution in [0.4, 0.5) is 5.82 Å². The van der Waals surface area contributed by atoms with E-state index in [-0.39, 0.29) is 11.8 Å². The highest BCUT2D eigenvalue weighted by Crippen LogP contribution is 2.28. The first-order valence-corrected chi connectivity index (χ1v) is 12.0. The van der Waals surface area contributed by atoms with Crippen LogP contribution >= 0.6 is 0 Å². The van der Waals surface area contributed by atoms with E-state index in [0.29, 0.717) is 18.1 Å². The summed E-state index contributed by atoms with van der Waals surface area (Å²) in [6.45, 7) is 4.49. The van der Waals surface area contributed by atoms with Crippen molar-refractivity contribution >= 4 is 22.8 Å². The van der Waals surface area contributed by atoms with E-state index in [2.05, 4.69) is 56.5 Å². The Kier molecular flexibility index (Phi) is 6.06. The van der Waals surface area contributed by atoms with E-state index in [1.165, 1.54) is 37.7 Å². The summed E-state index contributed by atoms with van der Waals surface area (Å²) in [5.41, 5.74) is 2.89. The molecule has 3 heterocycles. The molecule has 3 aromatic rings. The van der Waals surface area contributed by atoms with Gasteiger partial charge in [0.15, 0.2) is 5.65 Å². The number of hydrogen-bond acceptors (Lipinski definition) is 5. The Hall–Kier alpha value is -2.96. The average molecular weight is 433 g/mol. The quantitative estimate of drug-likeness (QED) is 0.659. The van der Waals surface area contributed by atoms with Gasteiger partial charge in [-0.05, 0) is 50.7 Å². The molecular formula is C25H32N6O. The molecule has 0 spiro atoms. The third kappa shape index (κ3) is 4.47. The van der Waals surface area contributed by atoms with E-state index in [1.807, 2.05) is 10.9 Å². The molecule has 1 unspecified atom stereocenters. The average Bonchev–Trinajstić information content (AvgIpc) is 3.28. The first kappa shape index (κ1) is 20.9. The monoisotopic (exact) mass is 432 g/mol. The maximum atomic E-state index is 12.9. The van der Waals surface area contributed by atoms with Crippen LogP contribution in [0.5, 0.6) is 0 Å². The van der Waals surface area contributed by atoms with Gasteiger partial charge in [-0.1, -0.05) is 37.0 Å². The molecule has 5 rings (SSSR count). The summed E-state index contributed by atoms with van der Waals surface area (Å²) in [6, 6.07) is 8.27. The number of hydrogen-bond donors (Lipinski definition) is 1. The molecule has 1 N–H and O–H groups in total. The number of fused-ring (bicyclic) bond motifs is 1. The number of benzene rings is 1. The molecule has 1 atom stereocenters. The van der Waals surface area contributed by atoms with Crippen LogP contribution in [0.25, 0.3) is 16.7 Å². The van der Waals surface area contributed by atoms with Crippen LogP contribution in [-0.2, 0) is 4.79 Å². The number of aryl methyl sites for hydroxylation is 1. The highest BCUT2D eigenvalue weighted by Gasteiger charge is 2.28. The predicted octanol–water partition coefficient (Wildman–Crippen LogP) is 4.04. The van der Waals surface area contributed by atoms with Crippen LogP contribution in [0.15, 0.2) is 36.8 Å². The Labute approximate surface area is 189 Å². The highest BCUT2D eigenvalue weighted by atomic mass is 16.1. The standard InChI is InChI=1S/C25H32N6O/c1-18-9-11-21(12-10-18)31-16-22-23(29-31)27-17-28-24(22)30-13-5-8-20(15-30)25(32)26-14-19-6-3-2-4-7-19/h9-12,16-17,19-20H,2-8,13-15H2,1H3,(H,26,32). The van der Waals surface area contributed by atoms with Crippen molar-refractivity contribution in [1.82, 2.24) is 25.1 Å². The Balaban J connectivity index is 1.31. The molecule has 7 nitrogen and oxygen atoms in total. The third-order valence-electron chi connectivity index (χ3n) is 6.98. The maximum Gasteiger partial charge on any atom is 0.224 e. The smallest absolute Gasteiger partial charge is 0.224 e. The number of aromatic nitrogens is 4. The molecule has 1 aromatic carbocycles. The number of piperidine rings is 1. The fourth-order valence-corrected chi connectivity index (χ4v) is 5.07. The van der Waals surface area contributed by atoms with Crippen LogP contribution in [0.2, 0.25) is 0 Å². The Morgan fingerprint density at radius 2 is 1.88 bits per heavy atom. The fraction of sp³-hybridized carbons (Fsp3) is 0.520. The number of carbonyl (C=O) groups is 1. The molecule has 1 saturated carbocycles. The van der Waals surface area contributed by atoms with E-state index < -0.39 is 0 Å². The van der Waals surface area contributed by atoms with Crippen LogP contribution in [-0.4, -0.2) is 45.3 Å². The van der Waals surface area contributed by atoms with Gasteiger partial charge >= 0.3 is 0 Å². The van der Waals surface area contributed by atoms with Gasteiger partial charge in [0, 0.05) is 25.8 Å². The van der Waals surface area contributed by atoms with Gasteiger partial charge in [0.2, 0.25) is 5.91 Å². The van der Waals surface area contributed by atoms with Crippen molar-refractivity contribution in [1.29, 1.82) is 0 Å². The summed E-state index contributed by atoms with van der Waals surface area (Å²) in [7, 11) is 0. The summed E-state index contributed by atoms with van der Waals surface area (Å²) in [5, 5.41) is 8.84. The number of nitrogens with one attached hydrogen (secondary N) is 1. The van der Waals surface area contributed by atoms with Crippen molar-refractivity contribution in [2.45, 2.75) is 51.9 Å². The Morgan fingerprint density at radius 1 is 1.06 bits per heavy atom. The molecule has 7 heteroatoms. The number of amides is 1. The third-order valence-corrected chi connectivity index (χ3v) is 6.98. The van der Waals surface area contributed by atoms with Gasteiger partial charge < -0.3 is 10.2 Å². The van der Waals surface area contributed by atoms with E-state index >= 15 is 0 Å². The van der Waals surface area contributed by atoms with E-state index in [0.717, 1.165) is 42.8 Å². The van der Waals surface area contributed by atoms with Gasteiger partial charge in [0.1, 0.15) is 12.1 Å². The first-order valence-electron chi connectivity index (χ1n) is 12.0. The molecule has 1 amide bonds. The fourth-order valence-electron chi connectivity index (χ4n) is 5.07. The molecule has 2 aliphatic rings. The molecule has 2 aromatic heterocycles. The highest BCUT2D eigenvalue weighted by molar-refractivity contribution is 5.87. The number of rotatable bonds is 5. The van der Waals surface area contributed by atoms with Gasteiger partial charge in [0.25, 0.3) is 0 Å². The number of anilines is 1. The van der Waals surface area contributed by atoms with E-state index in [1.54, 1.807) is 6.33 Å². The summed E-state index contributed by atoms with van der Waals surface area (Å²) >= 11 is 0. The predicted molar refractivity (Wildman–Crippen MR) is 126 cm³/mol. The normalized spacial score (nSPS) is 19.9. The summed E-state index contributed by atoms with van der Waals surface area (Å²) in [4.78, 5) is 24.1. The molecule has 1 aliphatic heterocycles. The second-order valence-corrected chi connectivity index (χ2v) is 9.38. The zero-order chi connectivity index (χ0) is 21.9. The Morgan fingerprint density at radius 3 is 2.69 bits per heavy atom. The zero-order valence-corrected chi connectivity index (χ0v) is 18.8. The van der Waals surface area contributed by atoms with E-state index in [4.69, 9.17) is 0 Å². The van der Waals surface area contributed by atoms with Gasteiger partial charge in [0.05, 0.1) is 17.0 Å². The van der Waals surface area contributed by atoms with Crippen molar-refractivity contribution < 1.29 is 4.79 Å². The SMILES string of the molecule is Cc1ccc(-n2cc3c(N4CCCC(C(=O)NCC5CCCCC5)C4)ncnc3n2)cc1. The van der Waals surface area contributed by atoms with Crippen LogP contribution in [0.3, 0.4) is 0 Å². The maximum absolute atomic E-state index is 12.9. The first-order chi connectivity index (χ1) is 15.7. The molecule has 1 aliphatic carbocycles. The Bertz CT molecular complexity index is 1070. The lowest BCUT2D eigenvalue weighted by atomic mass is 9.89. The molecular weight excluding hydrogens is 400 g/mol. The van der Waals surface area contributed by atoms with Gasteiger partial charge in [-0.25, -0.2) is 14.6 Å². The van der Waals surface area contributed by atoms with E-state index in [9.17, 15) is 4.79 Å². The van der Waals surface area contributed by atoms with Gasteiger partial charge in [-0.3, -0.25) is 4.79 Å². The van der Waals surface area contributed by atoms with Crippen molar-refractivity contribution in [3.8, 4) is 5.69 Å². The molecule has 1 saturated heterocycles. The molecule has 0 radical (unpaired) electrons. The minimum atomic E-state index is 0.00417. The minimum absolute atomic E-state index is 0.00417. The molecule has 168 valence electrons. The molecule has 32 heavy (non-hydrogen) atoms. The topological polar surface area (TPSA) is 75.9 Å². The van der Waals surface area contributed by atoms with Crippen molar-refractivity contribution in [2.24, 2.45) is 11.8 Å². The molecule has 0 bridgehead atoms. The second-order valence-electron chi connectivity index (χ2n) is 9.38. The molecule has 2 fully saturated rings. The lowest BCUT2D eigenvalue weighted by Gasteiger charge is -2.33. The summed E-state index contributed by atoms with van der Waals surface area (Å²) < 4.78 is 1.86. The van der Waals surface area contributed by atoms with Crippen molar-refractivity contribution in [3.63, 3.8) is 0 Å². The largest absolute Gasteiger partial charge is 0.356 e. The number of carbonyl (C=O) groups excluding carboxylic acids is 1. The lowest BCUT2D eigenvalue weighted by molar-refractivity contribution is -0.125. The van der Waals surface area contributed by atoms with Gasteiger partial charge in [-0.15, -0.1) is 5.10 Å². The zero-order valence-electron chi connectivity index (χ0n) is 18.8. The lowest BCUT2D eigenvalue weighted by Crippen LogP contribution is -2.44. The number of nitrogens with zero attached hydrogens (tertiary/aromatic N) is 5. The van der Waals surface area contributed by atoms with Crippen LogP contribution < -0.4 is 10.2 Å². The van der Waals surface area contributed by atoms with Gasteiger partial charge in [-0.2, -0.15) is 0 Å². The summed E-state index contributed by atoms with van der Waals surface area (Å²) in [5.74, 6) is 1.73. The van der Waals surface area contributed by atoms with Crippen molar-refractivity contribution in [2.75, 3.05) is 24.5 Å². The summed E-state index contributed by atoms with van der Waals surface area (Å²) in [6.07, 6.45) is 12.0. The minimum Gasteiger partial charge on any atom is -0.356 e. The van der Waals surface area contributed by atoms with Crippen LogP contribution in [0, 0.1) is 18.8 Å².